The topological polar surface area (TPSA) is 56.2 Å². The van der Waals surface area contributed by atoms with E-state index in [1.165, 1.54) is 0 Å². The number of imidazole rings is 1. The summed E-state index contributed by atoms with van der Waals surface area (Å²) in [6.07, 6.45) is 0.485. The molecular formula is C20H20ClF2N3O2. The van der Waals surface area contributed by atoms with Gasteiger partial charge in [0.25, 0.3) is 0 Å². The number of benzene rings is 2. The van der Waals surface area contributed by atoms with Gasteiger partial charge in [0, 0.05) is 0 Å². The van der Waals surface area contributed by atoms with Crippen molar-refractivity contribution in [1.29, 1.82) is 0 Å². The van der Waals surface area contributed by atoms with Crippen LogP contribution in [0.2, 0.25) is 5.02 Å². The Morgan fingerprint density at radius 2 is 1.93 bits per heavy atom. The van der Waals surface area contributed by atoms with Gasteiger partial charge in [-0.05, 0) is 36.8 Å². The maximum atomic E-state index is 12.5. The van der Waals surface area contributed by atoms with E-state index >= 15 is 0 Å². The van der Waals surface area contributed by atoms with Gasteiger partial charge in [0.2, 0.25) is 5.91 Å². The Hall–Kier alpha value is -2.67. The van der Waals surface area contributed by atoms with Crippen molar-refractivity contribution in [2.75, 3.05) is 13.3 Å². The van der Waals surface area contributed by atoms with Crippen molar-refractivity contribution >= 4 is 28.5 Å². The predicted octanol–water partition coefficient (Wildman–Crippen LogP) is 4.25. The number of nitrogens with one attached hydrogen (secondary N) is 1. The number of alkyl halides is 2. The van der Waals surface area contributed by atoms with Gasteiger partial charge in [-0.15, -0.1) is 0 Å². The molecule has 0 spiro atoms. The van der Waals surface area contributed by atoms with Crippen LogP contribution in [0.15, 0.2) is 48.8 Å². The van der Waals surface area contributed by atoms with Crippen LogP contribution in [0.25, 0.3) is 11.0 Å². The zero-order chi connectivity index (χ0) is 20.1. The first kappa shape index (κ1) is 20.1. The second-order valence-corrected chi connectivity index (χ2v) is 6.79. The largest absolute Gasteiger partial charge is 0.485 e. The molecule has 0 saturated heterocycles. The summed E-state index contributed by atoms with van der Waals surface area (Å²) in [5, 5.41) is 3.44. The number of amides is 1. The number of aromatic nitrogens is 2. The lowest BCUT2D eigenvalue weighted by atomic mass is 10.1. The molecule has 0 aliphatic rings. The predicted molar refractivity (Wildman–Crippen MR) is 104 cm³/mol. The summed E-state index contributed by atoms with van der Waals surface area (Å²) >= 11 is 6.21. The number of ether oxygens (including phenoxy) is 1. The molecule has 0 fully saturated rings. The Kier molecular flexibility index (Phi) is 6.46. The van der Waals surface area contributed by atoms with E-state index in [0.29, 0.717) is 16.3 Å². The number of carbonyl (C=O) groups excluding carboxylic acids is 1. The SMILES string of the molecule is CC(NC(=O)Cn1cnc2cccc(Cl)c21)c1ccc(OC(CF)CF)cc1. The first-order valence-electron chi connectivity index (χ1n) is 8.79. The highest BCUT2D eigenvalue weighted by Crippen LogP contribution is 2.23. The van der Waals surface area contributed by atoms with E-state index in [2.05, 4.69) is 10.3 Å². The van der Waals surface area contributed by atoms with Gasteiger partial charge in [0.15, 0.2) is 6.10 Å². The third-order valence-corrected chi connectivity index (χ3v) is 4.61. The summed E-state index contributed by atoms with van der Waals surface area (Å²) in [4.78, 5) is 16.7. The molecule has 8 heteroatoms. The number of nitrogens with zero attached hydrogens (tertiary/aromatic N) is 2. The van der Waals surface area contributed by atoms with E-state index in [9.17, 15) is 13.6 Å². The normalized spacial score (nSPS) is 12.3. The molecule has 0 aliphatic heterocycles. The van der Waals surface area contributed by atoms with E-state index in [4.69, 9.17) is 16.3 Å². The van der Waals surface area contributed by atoms with Crippen molar-refractivity contribution in [3.8, 4) is 5.75 Å². The summed E-state index contributed by atoms with van der Waals surface area (Å²) in [6, 6.07) is 11.9. The van der Waals surface area contributed by atoms with Crippen molar-refractivity contribution in [3.63, 3.8) is 0 Å². The van der Waals surface area contributed by atoms with Crippen LogP contribution in [0.4, 0.5) is 8.78 Å². The molecule has 1 amide bonds. The molecule has 0 aliphatic carbocycles. The highest BCUT2D eigenvalue weighted by atomic mass is 35.5. The zero-order valence-electron chi connectivity index (χ0n) is 15.2. The van der Waals surface area contributed by atoms with Crippen LogP contribution >= 0.6 is 11.6 Å². The molecule has 0 radical (unpaired) electrons. The minimum atomic E-state index is -1.10. The first-order chi connectivity index (χ1) is 13.5. The summed E-state index contributed by atoms with van der Waals surface area (Å²) < 4.78 is 32.0. The standard InChI is InChI=1S/C20H20ClF2N3O2/c1-13(14-5-7-15(8-6-14)28-16(9-22)10-23)25-19(27)11-26-12-24-18-4-2-3-17(21)20(18)26/h2-8,12-13,16H,9-11H2,1H3,(H,25,27). The quantitative estimate of drug-likeness (QED) is 0.607. The van der Waals surface area contributed by atoms with Crippen LogP contribution in [0.1, 0.15) is 18.5 Å². The average molecular weight is 408 g/mol. The lowest BCUT2D eigenvalue weighted by Crippen LogP contribution is -2.30. The van der Waals surface area contributed by atoms with Gasteiger partial charge in [0.05, 0.1) is 28.4 Å². The van der Waals surface area contributed by atoms with Gasteiger partial charge in [-0.25, -0.2) is 13.8 Å². The molecular weight excluding hydrogens is 388 g/mol. The Labute approximate surface area is 166 Å². The molecule has 2 aromatic carbocycles. The monoisotopic (exact) mass is 407 g/mol. The summed E-state index contributed by atoms with van der Waals surface area (Å²) in [7, 11) is 0. The Morgan fingerprint density at radius 3 is 2.61 bits per heavy atom. The maximum absolute atomic E-state index is 12.5. The van der Waals surface area contributed by atoms with Crippen molar-refractivity contribution in [1.82, 2.24) is 14.9 Å². The second-order valence-electron chi connectivity index (χ2n) is 6.39. The van der Waals surface area contributed by atoms with Gasteiger partial charge in [-0.3, -0.25) is 4.79 Å². The van der Waals surface area contributed by atoms with Crippen LogP contribution in [-0.2, 0) is 11.3 Å². The van der Waals surface area contributed by atoms with E-state index < -0.39 is 19.5 Å². The molecule has 1 aromatic heterocycles. The Balaban J connectivity index is 1.62. The van der Waals surface area contributed by atoms with Gasteiger partial charge >= 0.3 is 0 Å². The maximum Gasteiger partial charge on any atom is 0.240 e. The van der Waals surface area contributed by atoms with Crippen molar-refractivity contribution in [2.24, 2.45) is 0 Å². The van der Waals surface area contributed by atoms with Crippen molar-refractivity contribution in [2.45, 2.75) is 25.6 Å². The van der Waals surface area contributed by atoms with Crippen LogP contribution < -0.4 is 10.1 Å². The second kappa shape index (κ2) is 9.01. The highest BCUT2D eigenvalue weighted by Gasteiger charge is 2.14. The Morgan fingerprint density at radius 1 is 1.21 bits per heavy atom. The summed E-state index contributed by atoms with van der Waals surface area (Å²) in [5.74, 6) is 0.184. The van der Waals surface area contributed by atoms with Crippen molar-refractivity contribution in [3.05, 3.63) is 59.4 Å². The zero-order valence-corrected chi connectivity index (χ0v) is 16.0. The Bertz CT molecular complexity index is 942. The minimum Gasteiger partial charge on any atom is -0.485 e. The molecule has 0 bridgehead atoms. The fourth-order valence-electron chi connectivity index (χ4n) is 2.86. The molecule has 148 valence electrons. The number of halogens is 3. The third-order valence-electron chi connectivity index (χ3n) is 4.31. The minimum absolute atomic E-state index is 0.0838. The molecule has 0 saturated carbocycles. The third kappa shape index (κ3) is 4.59. The number of rotatable bonds is 8. The summed E-state index contributed by atoms with van der Waals surface area (Å²) in [6.45, 7) is 0.147. The molecule has 3 aromatic rings. The van der Waals surface area contributed by atoms with E-state index in [1.807, 2.05) is 13.0 Å². The van der Waals surface area contributed by atoms with Crippen LogP contribution in [0.3, 0.4) is 0 Å². The fraction of sp³-hybridized carbons (Fsp3) is 0.300. The molecule has 3 rings (SSSR count). The molecule has 1 N–H and O–H groups in total. The number of para-hydroxylation sites is 1. The van der Waals surface area contributed by atoms with Gasteiger partial charge in [0.1, 0.15) is 25.6 Å². The van der Waals surface area contributed by atoms with Crippen LogP contribution in [-0.4, -0.2) is 34.9 Å². The molecule has 28 heavy (non-hydrogen) atoms. The first-order valence-corrected chi connectivity index (χ1v) is 9.17. The molecule has 1 atom stereocenters. The van der Waals surface area contributed by atoms with E-state index in [-0.39, 0.29) is 18.5 Å². The van der Waals surface area contributed by atoms with Crippen LogP contribution in [0.5, 0.6) is 5.75 Å². The van der Waals surface area contributed by atoms with E-state index in [0.717, 1.165) is 11.1 Å². The van der Waals surface area contributed by atoms with Gasteiger partial charge in [-0.1, -0.05) is 29.8 Å². The lowest BCUT2D eigenvalue weighted by molar-refractivity contribution is -0.122. The molecule has 1 heterocycles. The van der Waals surface area contributed by atoms with Crippen molar-refractivity contribution < 1.29 is 18.3 Å². The van der Waals surface area contributed by atoms with Gasteiger partial charge < -0.3 is 14.6 Å². The number of hydrogen-bond donors (Lipinski definition) is 1. The lowest BCUT2D eigenvalue weighted by Gasteiger charge is -2.17. The number of fused-ring (bicyclic) bond motifs is 1. The van der Waals surface area contributed by atoms with Gasteiger partial charge in [-0.2, -0.15) is 0 Å². The summed E-state index contributed by atoms with van der Waals surface area (Å²) in [5.41, 5.74) is 2.28. The highest BCUT2D eigenvalue weighted by molar-refractivity contribution is 6.35. The van der Waals surface area contributed by atoms with E-state index in [1.54, 1.807) is 47.3 Å². The fourth-order valence-corrected chi connectivity index (χ4v) is 3.14. The van der Waals surface area contributed by atoms with Crippen LogP contribution in [0, 0.1) is 0 Å². The number of carbonyl (C=O) groups is 1. The number of hydrogen-bond acceptors (Lipinski definition) is 3. The smallest absolute Gasteiger partial charge is 0.240 e. The average Bonchev–Trinajstić information content (AvgIpc) is 3.10. The molecule has 1 unspecified atom stereocenters. The molecule has 5 nitrogen and oxygen atoms in total.